The molecule has 0 bridgehead atoms. The van der Waals surface area contributed by atoms with Gasteiger partial charge in [-0.2, -0.15) is 0 Å². The Morgan fingerprint density at radius 3 is 2.38 bits per heavy atom. The second kappa shape index (κ2) is 6.88. The fourth-order valence-corrected chi connectivity index (χ4v) is 3.20. The maximum absolute atomic E-state index is 6.34. The predicted octanol–water partition coefficient (Wildman–Crippen LogP) is 4.82. The Balaban J connectivity index is 2.56. The standard InChI is InChI=1S/C15H14BrCl2NO2/c1-20-11-7-6-9(15(21-2)12(11)16)14(19)8-4-3-5-10(17)13(8)18/h3-7,14H,19H2,1-2H3. The van der Waals surface area contributed by atoms with Crippen LogP contribution in [0.25, 0.3) is 0 Å². The van der Waals surface area contributed by atoms with Crippen LogP contribution in [0.4, 0.5) is 0 Å². The molecule has 0 aliphatic carbocycles. The maximum Gasteiger partial charge on any atom is 0.141 e. The van der Waals surface area contributed by atoms with Gasteiger partial charge in [-0.1, -0.05) is 35.3 Å². The van der Waals surface area contributed by atoms with Crippen molar-refractivity contribution in [1.29, 1.82) is 0 Å². The molecule has 112 valence electrons. The summed E-state index contributed by atoms with van der Waals surface area (Å²) in [6.07, 6.45) is 0. The molecule has 1 atom stereocenters. The van der Waals surface area contributed by atoms with Gasteiger partial charge in [0, 0.05) is 5.56 Å². The molecule has 0 aliphatic heterocycles. The first-order valence-electron chi connectivity index (χ1n) is 6.11. The second-order valence-electron chi connectivity index (χ2n) is 4.32. The first-order chi connectivity index (χ1) is 10.0. The van der Waals surface area contributed by atoms with Crippen molar-refractivity contribution in [2.75, 3.05) is 14.2 Å². The van der Waals surface area contributed by atoms with E-state index >= 15 is 0 Å². The smallest absolute Gasteiger partial charge is 0.141 e. The quantitative estimate of drug-likeness (QED) is 0.813. The van der Waals surface area contributed by atoms with Crippen LogP contribution in [0.1, 0.15) is 17.2 Å². The van der Waals surface area contributed by atoms with E-state index in [1.807, 2.05) is 24.3 Å². The molecule has 3 nitrogen and oxygen atoms in total. The number of benzene rings is 2. The summed E-state index contributed by atoms with van der Waals surface area (Å²) in [5.74, 6) is 1.28. The minimum Gasteiger partial charge on any atom is -0.495 e. The largest absolute Gasteiger partial charge is 0.495 e. The fraction of sp³-hybridized carbons (Fsp3) is 0.200. The Bertz CT molecular complexity index is 664. The van der Waals surface area contributed by atoms with Crippen LogP contribution < -0.4 is 15.2 Å². The normalized spacial score (nSPS) is 12.1. The van der Waals surface area contributed by atoms with Gasteiger partial charge in [0.15, 0.2) is 0 Å². The van der Waals surface area contributed by atoms with Crippen molar-refractivity contribution in [2.45, 2.75) is 6.04 Å². The molecule has 0 saturated carbocycles. The molecule has 1 unspecified atom stereocenters. The van der Waals surface area contributed by atoms with Gasteiger partial charge in [0.1, 0.15) is 16.0 Å². The summed E-state index contributed by atoms with van der Waals surface area (Å²) in [6, 6.07) is 8.59. The average Bonchev–Trinajstić information content (AvgIpc) is 2.49. The highest BCUT2D eigenvalue weighted by atomic mass is 79.9. The summed E-state index contributed by atoms with van der Waals surface area (Å²) < 4.78 is 11.4. The van der Waals surface area contributed by atoms with Crippen LogP contribution in [0.2, 0.25) is 10.0 Å². The Morgan fingerprint density at radius 2 is 1.76 bits per heavy atom. The molecule has 0 amide bonds. The fourth-order valence-electron chi connectivity index (χ4n) is 2.09. The number of ether oxygens (including phenoxy) is 2. The molecular weight excluding hydrogens is 377 g/mol. The summed E-state index contributed by atoms with van der Waals surface area (Å²) in [5.41, 5.74) is 7.86. The van der Waals surface area contributed by atoms with Gasteiger partial charge in [-0.05, 0) is 39.7 Å². The number of nitrogens with two attached hydrogens (primary N) is 1. The highest BCUT2D eigenvalue weighted by molar-refractivity contribution is 9.10. The van der Waals surface area contributed by atoms with Crippen molar-refractivity contribution < 1.29 is 9.47 Å². The summed E-state index contributed by atoms with van der Waals surface area (Å²) in [6.45, 7) is 0. The lowest BCUT2D eigenvalue weighted by molar-refractivity contribution is 0.385. The molecule has 0 saturated heterocycles. The van der Waals surface area contributed by atoms with E-state index in [2.05, 4.69) is 15.9 Å². The third-order valence-corrected chi connectivity index (χ3v) is 4.75. The first kappa shape index (κ1) is 16.4. The van der Waals surface area contributed by atoms with Crippen LogP contribution in [-0.2, 0) is 0 Å². The van der Waals surface area contributed by atoms with E-state index in [4.69, 9.17) is 38.4 Å². The zero-order chi connectivity index (χ0) is 15.6. The minimum absolute atomic E-state index is 0.445. The monoisotopic (exact) mass is 389 g/mol. The molecule has 0 heterocycles. The first-order valence-corrected chi connectivity index (χ1v) is 7.66. The summed E-state index contributed by atoms with van der Waals surface area (Å²) in [4.78, 5) is 0. The number of rotatable bonds is 4. The lowest BCUT2D eigenvalue weighted by atomic mass is 9.98. The highest BCUT2D eigenvalue weighted by Crippen LogP contribution is 2.42. The van der Waals surface area contributed by atoms with Crippen LogP contribution in [0.15, 0.2) is 34.8 Å². The zero-order valence-electron chi connectivity index (χ0n) is 11.5. The number of halogens is 3. The van der Waals surface area contributed by atoms with E-state index in [0.717, 1.165) is 11.1 Å². The van der Waals surface area contributed by atoms with Crippen molar-refractivity contribution >= 4 is 39.1 Å². The maximum atomic E-state index is 6.34. The third kappa shape index (κ3) is 3.14. The molecule has 2 aromatic rings. The Morgan fingerprint density at radius 1 is 1.05 bits per heavy atom. The van der Waals surface area contributed by atoms with Gasteiger partial charge in [0.2, 0.25) is 0 Å². The molecule has 0 aliphatic rings. The van der Waals surface area contributed by atoms with Crippen LogP contribution in [0.3, 0.4) is 0 Å². The molecule has 2 N–H and O–H groups in total. The van der Waals surface area contributed by atoms with E-state index in [-0.39, 0.29) is 0 Å². The molecule has 0 fully saturated rings. The van der Waals surface area contributed by atoms with Crippen molar-refractivity contribution in [3.8, 4) is 11.5 Å². The molecule has 2 rings (SSSR count). The molecule has 0 spiro atoms. The van der Waals surface area contributed by atoms with Gasteiger partial charge in [-0.15, -0.1) is 0 Å². The van der Waals surface area contributed by atoms with Gasteiger partial charge in [-0.25, -0.2) is 0 Å². The van der Waals surface area contributed by atoms with Crippen LogP contribution in [0.5, 0.6) is 11.5 Å². The molecule has 0 radical (unpaired) electrons. The average molecular weight is 391 g/mol. The Hall–Kier alpha value is -0.940. The predicted molar refractivity (Wildman–Crippen MR) is 89.7 cm³/mol. The van der Waals surface area contributed by atoms with E-state index in [0.29, 0.717) is 26.0 Å². The van der Waals surface area contributed by atoms with E-state index < -0.39 is 6.04 Å². The lowest BCUT2D eigenvalue weighted by Gasteiger charge is -2.20. The minimum atomic E-state index is -0.464. The van der Waals surface area contributed by atoms with Crippen molar-refractivity contribution in [2.24, 2.45) is 5.73 Å². The van der Waals surface area contributed by atoms with Gasteiger partial charge in [-0.3, -0.25) is 0 Å². The van der Waals surface area contributed by atoms with E-state index in [9.17, 15) is 0 Å². The van der Waals surface area contributed by atoms with E-state index in [1.165, 1.54) is 0 Å². The SMILES string of the molecule is COc1ccc(C(N)c2cccc(Cl)c2Cl)c(OC)c1Br. The molecule has 6 heteroatoms. The number of hydrogen-bond acceptors (Lipinski definition) is 3. The van der Waals surface area contributed by atoms with Gasteiger partial charge < -0.3 is 15.2 Å². The molecular formula is C15H14BrCl2NO2. The Labute approximate surface area is 142 Å². The number of hydrogen-bond donors (Lipinski definition) is 1. The van der Waals surface area contributed by atoms with Crippen LogP contribution in [0, 0.1) is 0 Å². The van der Waals surface area contributed by atoms with Gasteiger partial charge in [0.05, 0.1) is 30.3 Å². The zero-order valence-corrected chi connectivity index (χ0v) is 14.6. The summed E-state index contributed by atoms with van der Waals surface area (Å²) in [7, 11) is 3.17. The topological polar surface area (TPSA) is 44.5 Å². The summed E-state index contributed by atoms with van der Waals surface area (Å²) in [5, 5.41) is 0.914. The molecule has 21 heavy (non-hydrogen) atoms. The second-order valence-corrected chi connectivity index (χ2v) is 5.90. The number of methoxy groups -OCH3 is 2. The van der Waals surface area contributed by atoms with Crippen LogP contribution in [-0.4, -0.2) is 14.2 Å². The van der Waals surface area contributed by atoms with Crippen molar-refractivity contribution in [1.82, 2.24) is 0 Å². The van der Waals surface area contributed by atoms with E-state index in [1.54, 1.807) is 20.3 Å². The van der Waals surface area contributed by atoms with Crippen molar-refractivity contribution in [3.63, 3.8) is 0 Å². The van der Waals surface area contributed by atoms with Gasteiger partial charge in [0.25, 0.3) is 0 Å². The third-order valence-electron chi connectivity index (χ3n) is 3.17. The molecule has 0 aromatic heterocycles. The van der Waals surface area contributed by atoms with Gasteiger partial charge >= 0.3 is 0 Å². The lowest BCUT2D eigenvalue weighted by Crippen LogP contribution is -2.14. The molecule has 2 aromatic carbocycles. The highest BCUT2D eigenvalue weighted by Gasteiger charge is 2.21. The Kier molecular flexibility index (Phi) is 5.38. The van der Waals surface area contributed by atoms with Crippen LogP contribution >= 0.6 is 39.1 Å². The summed E-state index contributed by atoms with van der Waals surface area (Å²) >= 11 is 15.8. The van der Waals surface area contributed by atoms with Crippen molar-refractivity contribution in [3.05, 3.63) is 56.0 Å².